The van der Waals surface area contributed by atoms with Crippen molar-refractivity contribution in [2.45, 2.75) is 26.3 Å². The molecule has 0 bridgehead atoms. The van der Waals surface area contributed by atoms with Crippen LogP contribution in [0.25, 0.3) is 0 Å². The molecule has 19 heavy (non-hydrogen) atoms. The minimum Gasteiger partial charge on any atom is -0.480 e. The fraction of sp³-hybridized carbons (Fsp3) is 0.462. The second-order valence-electron chi connectivity index (χ2n) is 5.05. The Bertz CT molecular complexity index is 564. The van der Waals surface area contributed by atoms with E-state index >= 15 is 0 Å². The van der Waals surface area contributed by atoms with Crippen molar-refractivity contribution in [3.8, 4) is 12.3 Å². The Morgan fingerprint density at radius 1 is 1.58 bits per heavy atom. The number of aliphatic carboxylic acids is 1. The van der Waals surface area contributed by atoms with Gasteiger partial charge in [0.2, 0.25) is 0 Å². The van der Waals surface area contributed by atoms with Gasteiger partial charge in [0.05, 0.1) is 6.54 Å². The van der Waals surface area contributed by atoms with Crippen molar-refractivity contribution in [3.63, 3.8) is 0 Å². The predicted molar refractivity (Wildman–Crippen MR) is 72.2 cm³/mol. The SMILES string of the molecule is C#CCN(CC(=O)O)c1nccn(C(C)(C)C)c1=O. The third-order valence-electron chi connectivity index (χ3n) is 2.45. The zero-order chi connectivity index (χ0) is 14.6. The number of anilines is 1. The summed E-state index contributed by atoms with van der Waals surface area (Å²) in [6.45, 7) is 5.28. The molecule has 0 aliphatic carbocycles. The second kappa shape index (κ2) is 5.57. The third-order valence-corrected chi connectivity index (χ3v) is 2.45. The molecule has 102 valence electrons. The molecule has 0 aromatic carbocycles. The highest BCUT2D eigenvalue weighted by Crippen LogP contribution is 2.12. The maximum Gasteiger partial charge on any atom is 0.323 e. The van der Waals surface area contributed by atoms with Gasteiger partial charge in [-0.15, -0.1) is 6.42 Å². The van der Waals surface area contributed by atoms with Gasteiger partial charge in [-0.05, 0) is 20.8 Å². The zero-order valence-electron chi connectivity index (χ0n) is 11.3. The Morgan fingerprint density at radius 2 is 2.21 bits per heavy atom. The predicted octanol–water partition coefficient (Wildman–Crippen LogP) is 0.522. The van der Waals surface area contributed by atoms with E-state index in [9.17, 15) is 9.59 Å². The van der Waals surface area contributed by atoms with Gasteiger partial charge in [-0.2, -0.15) is 0 Å². The lowest BCUT2D eigenvalue weighted by Gasteiger charge is -2.25. The Kier molecular flexibility index (Phi) is 4.33. The number of hydrogen-bond donors (Lipinski definition) is 1. The van der Waals surface area contributed by atoms with E-state index in [0.717, 1.165) is 0 Å². The maximum atomic E-state index is 12.3. The molecule has 0 spiro atoms. The lowest BCUT2D eigenvalue weighted by molar-refractivity contribution is -0.135. The monoisotopic (exact) mass is 263 g/mol. The molecule has 1 heterocycles. The molecule has 1 aromatic rings. The summed E-state index contributed by atoms with van der Waals surface area (Å²) < 4.78 is 1.50. The van der Waals surface area contributed by atoms with Crippen LogP contribution in [-0.4, -0.2) is 33.7 Å². The summed E-state index contributed by atoms with van der Waals surface area (Å²) in [6.07, 6.45) is 8.23. The van der Waals surface area contributed by atoms with Crippen LogP contribution in [0.3, 0.4) is 0 Å². The molecule has 0 saturated carbocycles. The van der Waals surface area contributed by atoms with Crippen LogP contribution < -0.4 is 10.5 Å². The van der Waals surface area contributed by atoms with Crippen LogP contribution in [-0.2, 0) is 10.3 Å². The maximum absolute atomic E-state index is 12.3. The second-order valence-corrected chi connectivity index (χ2v) is 5.05. The van der Waals surface area contributed by atoms with E-state index in [0.29, 0.717) is 0 Å². The summed E-state index contributed by atoms with van der Waals surface area (Å²) in [6, 6.07) is 0. The largest absolute Gasteiger partial charge is 0.480 e. The molecule has 0 fully saturated rings. The summed E-state index contributed by atoms with van der Waals surface area (Å²) in [5.74, 6) is 1.32. The van der Waals surface area contributed by atoms with E-state index in [2.05, 4.69) is 10.9 Å². The molecule has 6 heteroatoms. The first kappa shape index (κ1) is 14.8. The minimum atomic E-state index is -1.07. The van der Waals surface area contributed by atoms with Crippen molar-refractivity contribution in [3.05, 3.63) is 22.7 Å². The van der Waals surface area contributed by atoms with Crippen LogP contribution in [0.15, 0.2) is 17.2 Å². The first-order valence-corrected chi connectivity index (χ1v) is 5.75. The number of terminal acetylenes is 1. The zero-order valence-corrected chi connectivity index (χ0v) is 11.3. The molecular formula is C13H17N3O3. The van der Waals surface area contributed by atoms with Gasteiger partial charge in [0, 0.05) is 17.9 Å². The van der Waals surface area contributed by atoms with Gasteiger partial charge >= 0.3 is 5.97 Å². The lowest BCUT2D eigenvalue weighted by Crippen LogP contribution is -2.40. The van der Waals surface area contributed by atoms with Crippen molar-refractivity contribution in [1.29, 1.82) is 0 Å². The molecule has 0 atom stereocenters. The van der Waals surface area contributed by atoms with Crippen molar-refractivity contribution >= 4 is 11.8 Å². The molecule has 0 unspecified atom stereocenters. The Morgan fingerprint density at radius 3 is 2.68 bits per heavy atom. The van der Waals surface area contributed by atoms with Gasteiger partial charge < -0.3 is 14.6 Å². The Balaban J connectivity index is 3.29. The van der Waals surface area contributed by atoms with E-state index in [4.69, 9.17) is 11.5 Å². The van der Waals surface area contributed by atoms with Gasteiger partial charge in [-0.3, -0.25) is 9.59 Å². The molecule has 1 rings (SSSR count). The lowest BCUT2D eigenvalue weighted by atomic mass is 10.1. The molecule has 0 amide bonds. The van der Waals surface area contributed by atoms with Crippen LogP contribution in [0.4, 0.5) is 5.82 Å². The fourth-order valence-electron chi connectivity index (χ4n) is 1.63. The Labute approximate surface area is 111 Å². The van der Waals surface area contributed by atoms with E-state index in [1.54, 1.807) is 6.20 Å². The quantitative estimate of drug-likeness (QED) is 0.802. The summed E-state index contributed by atoms with van der Waals surface area (Å²) >= 11 is 0. The van der Waals surface area contributed by atoms with Gasteiger partial charge in [0.15, 0.2) is 5.82 Å². The average Bonchev–Trinajstić information content (AvgIpc) is 2.26. The third kappa shape index (κ3) is 3.58. The first-order chi connectivity index (χ1) is 8.77. The molecular weight excluding hydrogens is 246 g/mol. The molecule has 0 aliphatic heterocycles. The van der Waals surface area contributed by atoms with Crippen molar-refractivity contribution in [1.82, 2.24) is 9.55 Å². The number of aromatic nitrogens is 2. The number of carboxylic acid groups (broad SMARTS) is 1. The van der Waals surface area contributed by atoms with Crippen molar-refractivity contribution in [2.24, 2.45) is 0 Å². The van der Waals surface area contributed by atoms with E-state index in [-0.39, 0.29) is 24.5 Å². The molecule has 1 aromatic heterocycles. The average molecular weight is 263 g/mol. The highest BCUT2D eigenvalue weighted by molar-refractivity contribution is 5.73. The summed E-state index contributed by atoms with van der Waals surface area (Å²) in [4.78, 5) is 28.3. The summed E-state index contributed by atoms with van der Waals surface area (Å²) in [7, 11) is 0. The van der Waals surface area contributed by atoms with E-state index in [1.165, 1.54) is 15.7 Å². The van der Waals surface area contributed by atoms with Crippen LogP contribution in [0.1, 0.15) is 20.8 Å². The number of hydrogen-bond acceptors (Lipinski definition) is 4. The normalized spacial score (nSPS) is 10.8. The number of rotatable bonds is 4. The van der Waals surface area contributed by atoms with Crippen LogP contribution in [0, 0.1) is 12.3 Å². The molecule has 0 radical (unpaired) electrons. The highest BCUT2D eigenvalue weighted by Gasteiger charge is 2.20. The summed E-state index contributed by atoms with van der Waals surface area (Å²) in [5.41, 5.74) is -0.772. The van der Waals surface area contributed by atoms with Gasteiger partial charge in [-0.25, -0.2) is 4.98 Å². The Hall–Kier alpha value is -2.29. The number of nitrogens with zero attached hydrogens (tertiary/aromatic N) is 3. The van der Waals surface area contributed by atoms with E-state index in [1.807, 2.05) is 20.8 Å². The van der Waals surface area contributed by atoms with E-state index < -0.39 is 11.5 Å². The van der Waals surface area contributed by atoms with Crippen LogP contribution >= 0.6 is 0 Å². The van der Waals surface area contributed by atoms with Gasteiger partial charge in [-0.1, -0.05) is 5.92 Å². The summed E-state index contributed by atoms with van der Waals surface area (Å²) in [5, 5.41) is 8.85. The highest BCUT2D eigenvalue weighted by atomic mass is 16.4. The molecule has 0 saturated heterocycles. The number of carbonyl (C=O) groups is 1. The smallest absolute Gasteiger partial charge is 0.323 e. The minimum absolute atomic E-state index is 0.0166. The molecule has 0 aliphatic rings. The number of carboxylic acids is 1. The van der Waals surface area contributed by atoms with Crippen LogP contribution in [0.2, 0.25) is 0 Å². The van der Waals surface area contributed by atoms with Crippen molar-refractivity contribution in [2.75, 3.05) is 18.0 Å². The standard InChI is InChI=1S/C13H17N3O3/c1-5-7-15(9-10(17)18)11-12(19)16(8-6-14-11)13(2,3)4/h1,6,8H,7,9H2,2-4H3,(H,17,18). The van der Waals surface area contributed by atoms with Crippen molar-refractivity contribution < 1.29 is 9.90 Å². The fourth-order valence-corrected chi connectivity index (χ4v) is 1.63. The first-order valence-electron chi connectivity index (χ1n) is 5.75. The molecule has 6 nitrogen and oxygen atoms in total. The van der Waals surface area contributed by atoms with Gasteiger partial charge in [0.1, 0.15) is 6.54 Å². The topological polar surface area (TPSA) is 75.4 Å². The van der Waals surface area contributed by atoms with Gasteiger partial charge in [0.25, 0.3) is 5.56 Å². The molecule has 1 N–H and O–H groups in total. The van der Waals surface area contributed by atoms with Crippen LogP contribution in [0.5, 0.6) is 0 Å².